The molecule has 0 saturated carbocycles. The fourth-order valence-corrected chi connectivity index (χ4v) is 3.48. The molecule has 0 heterocycles. The van der Waals surface area contributed by atoms with Crippen LogP contribution in [-0.4, -0.2) is 13.2 Å². The van der Waals surface area contributed by atoms with Crippen molar-refractivity contribution in [2.24, 2.45) is 0 Å². The maximum Gasteiger partial charge on any atom is 0.180 e. The Bertz CT molecular complexity index is 916. The smallest absolute Gasteiger partial charge is 0.180 e. The summed E-state index contributed by atoms with van der Waals surface area (Å²) >= 11 is 12.7. The highest BCUT2D eigenvalue weighted by molar-refractivity contribution is 6.32. The quantitative estimate of drug-likeness (QED) is 0.383. The molecule has 0 atom stereocenters. The lowest BCUT2D eigenvalue weighted by Gasteiger charge is -2.16. The van der Waals surface area contributed by atoms with Gasteiger partial charge in [0.05, 0.1) is 11.6 Å². The maximum atomic E-state index is 6.52. The minimum Gasteiger partial charge on any atom is -0.490 e. The molecule has 0 aliphatic carbocycles. The summed E-state index contributed by atoms with van der Waals surface area (Å²) in [5.41, 5.74) is 3.27. The number of ether oxygens (including phenoxy) is 2. The Labute approximate surface area is 182 Å². The summed E-state index contributed by atoms with van der Waals surface area (Å²) < 4.78 is 11.7. The van der Waals surface area contributed by atoms with Crippen LogP contribution in [0.25, 0.3) is 0 Å². The van der Waals surface area contributed by atoms with E-state index in [1.165, 1.54) is 5.56 Å². The maximum absolute atomic E-state index is 6.52. The third kappa shape index (κ3) is 6.40. The minimum absolute atomic E-state index is 0.328. The summed E-state index contributed by atoms with van der Waals surface area (Å²) in [4.78, 5) is 0. The Morgan fingerprint density at radius 3 is 2.34 bits per heavy atom. The molecule has 0 aromatic heterocycles. The highest BCUT2D eigenvalue weighted by atomic mass is 35.5. The van der Waals surface area contributed by atoms with Crippen LogP contribution in [0.3, 0.4) is 0 Å². The molecule has 0 bridgehead atoms. The molecule has 3 aromatic carbocycles. The molecule has 0 saturated heterocycles. The molecular weight excluding hydrogens is 405 g/mol. The Kier molecular flexibility index (Phi) is 8.24. The van der Waals surface area contributed by atoms with Crippen LogP contribution in [0.5, 0.6) is 11.5 Å². The molecular formula is C24H25Cl2NO2. The van der Waals surface area contributed by atoms with Crippen molar-refractivity contribution in [3.63, 3.8) is 0 Å². The van der Waals surface area contributed by atoms with Gasteiger partial charge in [-0.3, -0.25) is 0 Å². The monoisotopic (exact) mass is 429 g/mol. The van der Waals surface area contributed by atoms with Crippen LogP contribution in [-0.2, 0) is 19.6 Å². The lowest BCUT2D eigenvalue weighted by atomic mass is 10.1. The molecule has 0 aliphatic rings. The Morgan fingerprint density at radius 2 is 1.59 bits per heavy atom. The SMILES string of the molecule is CCOc1cc(CNCCc2ccccc2)cc(Cl)c1OCc1ccccc1Cl. The predicted octanol–water partition coefficient (Wildman–Crippen LogP) is 6.30. The van der Waals surface area contributed by atoms with Gasteiger partial charge in [0.1, 0.15) is 6.61 Å². The number of benzene rings is 3. The van der Waals surface area contributed by atoms with Crippen LogP contribution < -0.4 is 14.8 Å². The molecule has 1 N–H and O–H groups in total. The van der Waals surface area contributed by atoms with Gasteiger partial charge >= 0.3 is 0 Å². The summed E-state index contributed by atoms with van der Waals surface area (Å²) in [6, 6.07) is 21.9. The van der Waals surface area contributed by atoms with Crippen molar-refractivity contribution in [2.75, 3.05) is 13.2 Å². The summed E-state index contributed by atoms with van der Waals surface area (Å²) in [6.45, 7) is 4.39. The molecule has 29 heavy (non-hydrogen) atoms. The van der Waals surface area contributed by atoms with E-state index in [4.69, 9.17) is 32.7 Å². The van der Waals surface area contributed by atoms with Crippen LogP contribution in [0.2, 0.25) is 10.0 Å². The van der Waals surface area contributed by atoms with Crippen molar-refractivity contribution in [3.8, 4) is 11.5 Å². The molecule has 3 nitrogen and oxygen atoms in total. The molecule has 5 heteroatoms. The van der Waals surface area contributed by atoms with Gasteiger partial charge in [0.2, 0.25) is 0 Å². The fraction of sp³-hybridized carbons (Fsp3) is 0.250. The first-order valence-corrected chi connectivity index (χ1v) is 10.5. The third-order valence-corrected chi connectivity index (χ3v) is 5.11. The first kappa shape index (κ1) is 21.5. The van der Waals surface area contributed by atoms with E-state index in [0.717, 1.165) is 24.1 Å². The molecule has 0 spiro atoms. The molecule has 0 aliphatic heterocycles. The second kappa shape index (κ2) is 11.1. The van der Waals surface area contributed by atoms with Crippen LogP contribution in [0.1, 0.15) is 23.6 Å². The van der Waals surface area contributed by atoms with Gasteiger partial charge < -0.3 is 14.8 Å². The van der Waals surface area contributed by atoms with Crippen molar-refractivity contribution >= 4 is 23.2 Å². The first-order valence-electron chi connectivity index (χ1n) is 9.73. The van der Waals surface area contributed by atoms with E-state index in [1.54, 1.807) is 0 Å². The van der Waals surface area contributed by atoms with Crippen molar-refractivity contribution in [1.82, 2.24) is 5.32 Å². The second-order valence-electron chi connectivity index (χ2n) is 6.63. The lowest BCUT2D eigenvalue weighted by molar-refractivity contribution is 0.269. The van der Waals surface area contributed by atoms with Crippen LogP contribution in [0.4, 0.5) is 0 Å². The average Bonchev–Trinajstić information content (AvgIpc) is 2.73. The second-order valence-corrected chi connectivity index (χ2v) is 7.44. The fourth-order valence-electron chi connectivity index (χ4n) is 3.00. The summed E-state index contributed by atoms with van der Waals surface area (Å²) in [7, 11) is 0. The predicted molar refractivity (Wildman–Crippen MR) is 120 cm³/mol. The van der Waals surface area contributed by atoms with Crippen molar-refractivity contribution in [2.45, 2.75) is 26.5 Å². The highest BCUT2D eigenvalue weighted by Gasteiger charge is 2.13. The summed E-state index contributed by atoms with van der Waals surface area (Å²) in [6.07, 6.45) is 0.978. The highest BCUT2D eigenvalue weighted by Crippen LogP contribution is 2.37. The van der Waals surface area contributed by atoms with E-state index in [1.807, 2.05) is 49.4 Å². The first-order chi connectivity index (χ1) is 14.2. The number of rotatable bonds is 10. The molecule has 152 valence electrons. The summed E-state index contributed by atoms with van der Waals surface area (Å²) in [5.74, 6) is 1.19. The third-order valence-electron chi connectivity index (χ3n) is 4.46. The van der Waals surface area contributed by atoms with E-state index >= 15 is 0 Å². The topological polar surface area (TPSA) is 30.5 Å². The van der Waals surface area contributed by atoms with E-state index < -0.39 is 0 Å². The van der Waals surface area contributed by atoms with E-state index in [2.05, 4.69) is 29.6 Å². The summed E-state index contributed by atoms with van der Waals surface area (Å²) in [5, 5.41) is 4.66. The van der Waals surface area contributed by atoms with Gasteiger partial charge in [-0.25, -0.2) is 0 Å². The van der Waals surface area contributed by atoms with E-state index in [0.29, 0.717) is 41.3 Å². The van der Waals surface area contributed by atoms with E-state index in [9.17, 15) is 0 Å². The largest absolute Gasteiger partial charge is 0.490 e. The van der Waals surface area contributed by atoms with Crippen LogP contribution >= 0.6 is 23.2 Å². The van der Waals surface area contributed by atoms with Crippen LogP contribution in [0.15, 0.2) is 66.7 Å². The van der Waals surface area contributed by atoms with Gasteiger partial charge in [-0.2, -0.15) is 0 Å². The van der Waals surface area contributed by atoms with Crippen molar-refractivity contribution in [3.05, 3.63) is 93.5 Å². The van der Waals surface area contributed by atoms with Gasteiger partial charge in [-0.05, 0) is 49.2 Å². The zero-order chi connectivity index (χ0) is 20.5. The zero-order valence-corrected chi connectivity index (χ0v) is 18.0. The molecule has 0 radical (unpaired) electrons. The normalized spacial score (nSPS) is 10.7. The van der Waals surface area contributed by atoms with Crippen LogP contribution in [0, 0.1) is 0 Å². The minimum atomic E-state index is 0.328. The average molecular weight is 430 g/mol. The van der Waals surface area contributed by atoms with Crippen molar-refractivity contribution in [1.29, 1.82) is 0 Å². The van der Waals surface area contributed by atoms with Gasteiger partial charge in [0, 0.05) is 17.1 Å². The molecule has 3 aromatic rings. The Balaban J connectivity index is 1.63. The molecule has 3 rings (SSSR count). The Hall–Kier alpha value is -2.20. The standard InChI is InChI=1S/C24H25Cl2NO2/c1-2-28-23-15-19(16-27-13-12-18-8-4-3-5-9-18)14-22(26)24(23)29-17-20-10-6-7-11-21(20)25/h3-11,14-15,27H,2,12-13,16-17H2,1H3. The number of hydrogen-bond donors (Lipinski definition) is 1. The lowest BCUT2D eigenvalue weighted by Crippen LogP contribution is -2.16. The van der Waals surface area contributed by atoms with Gasteiger partial charge in [-0.1, -0.05) is 71.7 Å². The van der Waals surface area contributed by atoms with E-state index in [-0.39, 0.29) is 0 Å². The number of halogens is 2. The van der Waals surface area contributed by atoms with Crippen molar-refractivity contribution < 1.29 is 9.47 Å². The zero-order valence-electron chi connectivity index (χ0n) is 16.5. The number of nitrogens with one attached hydrogen (secondary N) is 1. The molecule has 0 fully saturated rings. The van der Waals surface area contributed by atoms with Gasteiger partial charge in [0.25, 0.3) is 0 Å². The molecule has 0 unspecified atom stereocenters. The Morgan fingerprint density at radius 1 is 0.828 bits per heavy atom. The van der Waals surface area contributed by atoms with Gasteiger partial charge in [0.15, 0.2) is 11.5 Å². The van der Waals surface area contributed by atoms with Gasteiger partial charge in [-0.15, -0.1) is 0 Å². The number of hydrogen-bond acceptors (Lipinski definition) is 3. The molecule has 0 amide bonds.